The lowest BCUT2D eigenvalue weighted by atomic mass is 10.2. The SMILES string of the molecule is COc1ccc(Cn2ccnc2CCl)c(F)c1. The van der Waals surface area contributed by atoms with Crippen LogP contribution in [-0.4, -0.2) is 16.7 Å². The molecule has 0 unspecified atom stereocenters. The first kappa shape index (κ1) is 11.9. The van der Waals surface area contributed by atoms with Gasteiger partial charge in [0.2, 0.25) is 0 Å². The monoisotopic (exact) mass is 254 g/mol. The Kier molecular flexibility index (Phi) is 3.64. The van der Waals surface area contributed by atoms with Gasteiger partial charge in [0, 0.05) is 24.0 Å². The molecule has 0 aliphatic rings. The van der Waals surface area contributed by atoms with Crippen LogP contribution in [0.2, 0.25) is 0 Å². The second kappa shape index (κ2) is 5.19. The molecule has 0 amide bonds. The highest BCUT2D eigenvalue weighted by Crippen LogP contribution is 2.17. The molecule has 1 aromatic heterocycles. The van der Waals surface area contributed by atoms with Crippen molar-refractivity contribution in [2.75, 3.05) is 7.11 Å². The fourth-order valence-electron chi connectivity index (χ4n) is 1.58. The van der Waals surface area contributed by atoms with Crippen LogP contribution in [0.1, 0.15) is 11.4 Å². The molecule has 2 aromatic rings. The van der Waals surface area contributed by atoms with Crippen LogP contribution in [-0.2, 0) is 12.4 Å². The van der Waals surface area contributed by atoms with Crippen molar-refractivity contribution in [1.29, 1.82) is 0 Å². The zero-order valence-corrected chi connectivity index (χ0v) is 10.1. The number of ether oxygens (including phenoxy) is 1. The Morgan fingerprint density at radius 2 is 2.29 bits per heavy atom. The van der Waals surface area contributed by atoms with E-state index in [-0.39, 0.29) is 5.82 Å². The lowest BCUT2D eigenvalue weighted by Crippen LogP contribution is -2.04. The van der Waals surface area contributed by atoms with E-state index < -0.39 is 0 Å². The summed E-state index contributed by atoms with van der Waals surface area (Å²) >= 11 is 5.73. The lowest BCUT2D eigenvalue weighted by molar-refractivity contribution is 0.410. The van der Waals surface area contributed by atoms with Gasteiger partial charge in [0.05, 0.1) is 19.5 Å². The van der Waals surface area contributed by atoms with E-state index in [1.165, 1.54) is 13.2 Å². The van der Waals surface area contributed by atoms with Gasteiger partial charge in [0.25, 0.3) is 0 Å². The van der Waals surface area contributed by atoms with Gasteiger partial charge in [-0.2, -0.15) is 0 Å². The highest BCUT2D eigenvalue weighted by atomic mass is 35.5. The summed E-state index contributed by atoms with van der Waals surface area (Å²) in [6, 6.07) is 4.80. The van der Waals surface area contributed by atoms with Crippen molar-refractivity contribution in [3.8, 4) is 5.75 Å². The first-order chi connectivity index (χ1) is 8.24. The first-order valence-corrected chi connectivity index (χ1v) is 5.66. The van der Waals surface area contributed by atoms with E-state index in [0.29, 0.717) is 23.7 Å². The third-order valence-corrected chi connectivity index (χ3v) is 2.76. The van der Waals surface area contributed by atoms with Gasteiger partial charge >= 0.3 is 0 Å². The van der Waals surface area contributed by atoms with Crippen molar-refractivity contribution in [2.45, 2.75) is 12.4 Å². The summed E-state index contributed by atoms with van der Waals surface area (Å²) in [6.45, 7) is 0.415. The summed E-state index contributed by atoms with van der Waals surface area (Å²) in [5.41, 5.74) is 0.579. The van der Waals surface area contributed by atoms with Crippen LogP contribution < -0.4 is 4.74 Å². The average Bonchev–Trinajstić information content (AvgIpc) is 2.79. The number of alkyl halides is 1. The molecule has 0 N–H and O–H groups in total. The predicted molar refractivity (Wildman–Crippen MR) is 63.8 cm³/mol. The normalized spacial score (nSPS) is 10.5. The van der Waals surface area contributed by atoms with Crippen molar-refractivity contribution in [1.82, 2.24) is 9.55 Å². The van der Waals surface area contributed by atoms with Gasteiger partial charge in [0.15, 0.2) is 0 Å². The van der Waals surface area contributed by atoms with E-state index in [2.05, 4.69) is 4.98 Å². The fraction of sp³-hybridized carbons (Fsp3) is 0.250. The molecular weight excluding hydrogens is 243 g/mol. The first-order valence-electron chi connectivity index (χ1n) is 5.13. The molecule has 1 heterocycles. The van der Waals surface area contributed by atoms with Gasteiger partial charge in [-0.15, -0.1) is 11.6 Å². The van der Waals surface area contributed by atoms with Gasteiger partial charge in [0.1, 0.15) is 17.4 Å². The molecule has 0 aliphatic carbocycles. The Labute approximate surface area is 104 Å². The minimum Gasteiger partial charge on any atom is -0.497 e. The minimum atomic E-state index is -0.293. The largest absolute Gasteiger partial charge is 0.497 e. The number of hydrogen-bond acceptors (Lipinski definition) is 2. The average molecular weight is 255 g/mol. The topological polar surface area (TPSA) is 27.1 Å². The maximum absolute atomic E-state index is 13.7. The van der Waals surface area contributed by atoms with Crippen molar-refractivity contribution in [3.63, 3.8) is 0 Å². The van der Waals surface area contributed by atoms with Crippen molar-refractivity contribution >= 4 is 11.6 Å². The van der Waals surface area contributed by atoms with Crippen LogP contribution in [0.4, 0.5) is 4.39 Å². The number of aromatic nitrogens is 2. The standard InChI is InChI=1S/C12H12ClFN2O/c1-17-10-3-2-9(11(14)6-10)8-16-5-4-15-12(16)7-13/h2-6H,7-8H2,1H3. The zero-order chi connectivity index (χ0) is 12.3. The summed E-state index contributed by atoms with van der Waals surface area (Å²) in [7, 11) is 1.51. The summed E-state index contributed by atoms with van der Waals surface area (Å²) in [5.74, 6) is 1.25. The number of halogens is 2. The molecule has 0 aliphatic heterocycles. The van der Waals surface area contributed by atoms with Crippen molar-refractivity contribution in [2.24, 2.45) is 0 Å². The molecule has 17 heavy (non-hydrogen) atoms. The van der Waals surface area contributed by atoms with Crippen LogP contribution in [0.5, 0.6) is 5.75 Å². The highest BCUT2D eigenvalue weighted by molar-refractivity contribution is 6.16. The van der Waals surface area contributed by atoms with E-state index >= 15 is 0 Å². The molecular formula is C12H12ClFN2O. The summed E-state index contributed by atoms with van der Waals surface area (Å²) in [5, 5.41) is 0. The van der Waals surface area contributed by atoms with E-state index in [1.54, 1.807) is 24.5 Å². The summed E-state index contributed by atoms with van der Waals surface area (Å²) in [4.78, 5) is 4.08. The second-order valence-electron chi connectivity index (χ2n) is 3.56. The van der Waals surface area contributed by atoms with E-state index in [0.717, 1.165) is 5.82 Å². The molecule has 0 saturated heterocycles. The van der Waals surface area contributed by atoms with E-state index in [9.17, 15) is 4.39 Å². The van der Waals surface area contributed by atoms with Gasteiger partial charge in [-0.05, 0) is 6.07 Å². The van der Waals surface area contributed by atoms with Crippen LogP contribution in [0, 0.1) is 5.82 Å². The van der Waals surface area contributed by atoms with Gasteiger partial charge in [-0.25, -0.2) is 9.37 Å². The molecule has 0 atom stereocenters. The molecule has 0 spiro atoms. The molecule has 5 heteroatoms. The fourth-order valence-corrected chi connectivity index (χ4v) is 1.80. The van der Waals surface area contributed by atoms with Crippen LogP contribution in [0.15, 0.2) is 30.6 Å². The molecule has 0 bridgehead atoms. The number of rotatable bonds is 4. The number of hydrogen-bond donors (Lipinski definition) is 0. The Morgan fingerprint density at radius 1 is 1.47 bits per heavy atom. The Morgan fingerprint density at radius 3 is 2.94 bits per heavy atom. The van der Waals surface area contributed by atoms with Crippen molar-refractivity contribution < 1.29 is 9.13 Å². The molecule has 0 fully saturated rings. The quantitative estimate of drug-likeness (QED) is 0.785. The van der Waals surface area contributed by atoms with Crippen LogP contribution in [0.3, 0.4) is 0 Å². The number of methoxy groups -OCH3 is 1. The Bertz CT molecular complexity index is 513. The molecule has 90 valence electrons. The van der Waals surface area contributed by atoms with Gasteiger partial charge in [-0.1, -0.05) is 6.07 Å². The smallest absolute Gasteiger partial charge is 0.131 e. The predicted octanol–water partition coefficient (Wildman–Crippen LogP) is 2.82. The van der Waals surface area contributed by atoms with Gasteiger partial charge < -0.3 is 9.30 Å². The maximum atomic E-state index is 13.7. The molecule has 3 nitrogen and oxygen atoms in total. The zero-order valence-electron chi connectivity index (χ0n) is 9.36. The molecule has 0 radical (unpaired) electrons. The number of nitrogens with zero attached hydrogens (tertiary/aromatic N) is 2. The highest BCUT2D eigenvalue weighted by Gasteiger charge is 2.07. The van der Waals surface area contributed by atoms with E-state index in [4.69, 9.17) is 16.3 Å². The molecule has 1 aromatic carbocycles. The van der Waals surface area contributed by atoms with E-state index in [1.807, 2.05) is 4.57 Å². The Balaban J connectivity index is 2.24. The molecule has 2 rings (SSSR count). The summed E-state index contributed by atoms with van der Waals surface area (Å²) < 4.78 is 20.5. The third kappa shape index (κ3) is 2.58. The van der Waals surface area contributed by atoms with Gasteiger partial charge in [-0.3, -0.25) is 0 Å². The minimum absolute atomic E-state index is 0.293. The van der Waals surface area contributed by atoms with Crippen LogP contribution >= 0.6 is 11.6 Å². The molecule has 0 saturated carbocycles. The maximum Gasteiger partial charge on any atom is 0.131 e. The van der Waals surface area contributed by atoms with Crippen molar-refractivity contribution in [3.05, 3.63) is 47.8 Å². The van der Waals surface area contributed by atoms with Crippen LogP contribution in [0.25, 0.3) is 0 Å². The number of imidazole rings is 1. The second-order valence-corrected chi connectivity index (χ2v) is 3.83. The summed E-state index contributed by atoms with van der Waals surface area (Å²) in [6.07, 6.45) is 3.43. The number of benzene rings is 1. The Hall–Kier alpha value is -1.55. The lowest BCUT2D eigenvalue weighted by Gasteiger charge is -2.08. The third-order valence-electron chi connectivity index (χ3n) is 2.52.